The number of rotatable bonds is 26. The van der Waals surface area contributed by atoms with E-state index in [1.54, 1.807) is 0 Å². The molecule has 5 rings (SSSR count). The van der Waals surface area contributed by atoms with Crippen molar-refractivity contribution in [1.82, 2.24) is 0 Å². The SMILES string of the molecule is O=C1Oc2cc(OCCCCCCCCCCCCS)ccc2[C@@H]2[C@H]1[C@H]1C(=O)Oc3cc(OCCCCCCCCCCCCS)ccc3[C@H]12. The average molecular weight is 725 g/mol. The maximum absolute atomic E-state index is 13.2. The summed E-state index contributed by atoms with van der Waals surface area (Å²) in [6.45, 7) is 1.29. The van der Waals surface area contributed by atoms with E-state index in [-0.39, 0.29) is 23.8 Å². The van der Waals surface area contributed by atoms with Crippen LogP contribution in [-0.2, 0) is 9.59 Å². The molecular weight excluding hydrogens is 665 g/mol. The van der Waals surface area contributed by atoms with Crippen LogP contribution in [0.5, 0.6) is 23.0 Å². The zero-order valence-corrected chi connectivity index (χ0v) is 31.9. The minimum atomic E-state index is -0.526. The quantitative estimate of drug-likeness (QED) is 0.0436. The Bertz CT molecular complexity index is 1250. The highest BCUT2D eigenvalue weighted by Crippen LogP contribution is 2.65. The van der Waals surface area contributed by atoms with Crippen LogP contribution in [0.4, 0.5) is 0 Å². The van der Waals surface area contributed by atoms with Gasteiger partial charge in [-0.25, -0.2) is 0 Å². The second-order valence-corrected chi connectivity index (χ2v) is 15.5. The molecule has 2 aromatic rings. The lowest BCUT2D eigenvalue weighted by Crippen LogP contribution is -2.57. The molecule has 50 heavy (non-hydrogen) atoms. The van der Waals surface area contributed by atoms with Crippen LogP contribution in [0, 0.1) is 11.8 Å². The fourth-order valence-electron chi connectivity index (χ4n) is 8.03. The number of ether oxygens (including phenoxy) is 4. The molecule has 2 heterocycles. The molecule has 1 fully saturated rings. The van der Waals surface area contributed by atoms with E-state index in [1.165, 1.54) is 103 Å². The van der Waals surface area contributed by atoms with Crippen LogP contribution in [0.25, 0.3) is 0 Å². The molecule has 276 valence electrons. The van der Waals surface area contributed by atoms with E-state index in [0.29, 0.717) is 36.2 Å². The Kier molecular flexibility index (Phi) is 16.5. The van der Waals surface area contributed by atoms with Crippen molar-refractivity contribution in [2.45, 2.75) is 140 Å². The minimum absolute atomic E-state index is 0.125. The maximum atomic E-state index is 13.2. The summed E-state index contributed by atoms with van der Waals surface area (Å²) >= 11 is 8.56. The third-order valence-corrected chi connectivity index (χ3v) is 11.5. The molecule has 2 aliphatic heterocycles. The Balaban J connectivity index is 1.05. The Morgan fingerprint density at radius 2 is 0.760 bits per heavy atom. The summed E-state index contributed by atoms with van der Waals surface area (Å²) in [4.78, 5) is 26.3. The third-order valence-electron chi connectivity index (χ3n) is 10.8. The number of hydrogen-bond acceptors (Lipinski definition) is 8. The fourth-order valence-corrected chi connectivity index (χ4v) is 8.48. The Morgan fingerprint density at radius 1 is 0.440 bits per heavy atom. The smallest absolute Gasteiger partial charge is 0.315 e. The van der Waals surface area contributed by atoms with E-state index in [4.69, 9.17) is 18.9 Å². The Hall–Kier alpha value is -2.32. The average Bonchev–Trinajstić information content (AvgIpc) is 3.10. The highest BCUT2D eigenvalue weighted by atomic mass is 32.1. The number of carbonyl (C=O) groups excluding carboxylic acids is 2. The van der Waals surface area contributed by atoms with Crippen molar-refractivity contribution in [3.05, 3.63) is 47.5 Å². The van der Waals surface area contributed by atoms with Crippen LogP contribution in [0.3, 0.4) is 0 Å². The molecule has 0 spiro atoms. The van der Waals surface area contributed by atoms with Crippen molar-refractivity contribution in [2.24, 2.45) is 11.8 Å². The van der Waals surface area contributed by atoms with Crippen molar-refractivity contribution in [2.75, 3.05) is 24.7 Å². The van der Waals surface area contributed by atoms with E-state index in [1.807, 2.05) is 36.4 Å². The van der Waals surface area contributed by atoms with Gasteiger partial charge in [-0.3, -0.25) is 9.59 Å². The van der Waals surface area contributed by atoms with Crippen molar-refractivity contribution in [3.8, 4) is 23.0 Å². The topological polar surface area (TPSA) is 71.1 Å². The van der Waals surface area contributed by atoms with E-state index < -0.39 is 11.8 Å². The van der Waals surface area contributed by atoms with Crippen molar-refractivity contribution >= 4 is 37.2 Å². The lowest BCUT2D eigenvalue weighted by molar-refractivity contribution is -0.165. The summed E-state index contributed by atoms with van der Waals surface area (Å²) in [5.74, 6) is 2.52. The van der Waals surface area contributed by atoms with Gasteiger partial charge in [0.25, 0.3) is 0 Å². The van der Waals surface area contributed by atoms with Crippen LogP contribution in [0.2, 0.25) is 0 Å². The monoisotopic (exact) mass is 724 g/mol. The van der Waals surface area contributed by atoms with Gasteiger partial charge in [0.05, 0.1) is 25.0 Å². The standard InChI is InChI=1S/C42H60O6S2/c43-41-39-37(33-23-21-31(29-35(33)47-41)45-25-17-13-9-5-1-3-7-11-15-19-27-49)38-34-24-22-32(30-36(34)48-42(44)40(38)39)46-26-18-14-10-6-2-4-8-12-16-20-28-50/h21-24,29-30,37-40,49-50H,1-20,25-28H2/t37-,38-,39-,40-/m0/s1. The summed E-state index contributed by atoms with van der Waals surface area (Å²) in [5, 5.41) is 0. The fraction of sp³-hybridized carbons (Fsp3) is 0.667. The lowest BCUT2D eigenvalue weighted by Gasteiger charge is -2.53. The number of fused-ring (bicyclic) bond motifs is 8. The normalized spacial score (nSPS) is 20.1. The summed E-state index contributed by atoms with van der Waals surface area (Å²) in [5.41, 5.74) is 1.92. The van der Waals surface area contributed by atoms with Gasteiger partial charge in [-0.05, 0) is 60.4 Å². The van der Waals surface area contributed by atoms with Gasteiger partial charge in [-0.2, -0.15) is 25.3 Å². The summed E-state index contributed by atoms with van der Waals surface area (Å²) in [6, 6.07) is 11.7. The first-order valence-electron chi connectivity index (χ1n) is 19.8. The first-order chi connectivity index (χ1) is 24.6. The van der Waals surface area contributed by atoms with Crippen LogP contribution >= 0.6 is 25.3 Å². The molecule has 0 amide bonds. The van der Waals surface area contributed by atoms with Crippen molar-refractivity contribution in [1.29, 1.82) is 0 Å². The predicted molar refractivity (Wildman–Crippen MR) is 208 cm³/mol. The second kappa shape index (κ2) is 21.3. The minimum Gasteiger partial charge on any atom is -0.493 e. The molecule has 1 saturated carbocycles. The van der Waals surface area contributed by atoms with Crippen LogP contribution in [-0.4, -0.2) is 36.7 Å². The zero-order chi connectivity index (χ0) is 35.0. The molecule has 8 heteroatoms. The lowest BCUT2D eigenvalue weighted by atomic mass is 9.51. The third kappa shape index (κ3) is 10.8. The Morgan fingerprint density at radius 3 is 1.10 bits per heavy atom. The van der Waals surface area contributed by atoms with Gasteiger partial charge in [-0.15, -0.1) is 0 Å². The van der Waals surface area contributed by atoms with Crippen molar-refractivity contribution in [3.63, 3.8) is 0 Å². The molecule has 0 N–H and O–H groups in total. The molecule has 1 aliphatic carbocycles. The number of hydrogen-bond donors (Lipinski definition) is 2. The highest BCUT2D eigenvalue weighted by Gasteiger charge is 2.64. The number of benzene rings is 2. The number of carbonyl (C=O) groups is 2. The molecule has 0 aromatic heterocycles. The van der Waals surface area contributed by atoms with Gasteiger partial charge >= 0.3 is 11.9 Å². The summed E-state index contributed by atoms with van der Waals surface area (Å²) in [7, 11) is 0. The molecule has 2 aromatic carbocycles. The molecular formula is C42H60O6S2. The molecule has 4 atom stereocenters. The van der Waals surface area contributed by atoms with E-state index in [9.17, 15) is 9.59 Å². The van der Waals surface area contributed by atoms with Gasteiger partial charge in [0.2, 0.25) is 0 Å². The van der Waals surface area contributed by atoms with E-state index in [2.05, 4.69) is 25.3 Å². The highest BCUT2D eigenvalue weighted by molar-refractivity contribution is 7.80. The molecule has 0 unspecified atom stereocenters. The Labute approximate surface area is 312 Å². The molecule has 0 radical (unpaired) electrons. The maximum Gasteiger partial charge on any atom is 0.315 e. The second-order valence-electron chi connectivity index (χ2n) is 14.6. The molecule has 6 nitrogen and oxygen atoms in total. The largest absolute Gasteiger partial charge is 0.493 e. The van der Waals surface area contributed by atoms with Crippen LogP contribution < -0.4 is 18.9 Å². The number of thiol groups is 2. The van der Waals surface area contributed by atoms with Crippen LogP contribution in [0.15, 0.2) is 36.4 Å². The zero-order valence-electron chi connectivity index (χ0n) is 30.1. The van der Waals surface area contributed by atoms with E-state index in [0.717, 1.165) is 48.3 Å². The molecule has 3 aliphatic rings. The molecule has 0 bridgehead atoms. The summed E-state index contributed by atoms with van der Waals surface area (Å²) < 4.78 is 23.7. The van der Waals surface area contributed by atoms with Gasteiger partial charge < -0.3 is 18.9 Å². The summed E-state index contributed by atoms with van der Waals surface area (Å²) in [6.07, 6.45) is 25.1. The molecule has 0 saturated heterocycles. The van der Waals surface area contributed by atoms with Gasteiger partial charge in [-0.1, -0.05) is 115 Å². The van der Waals surface area contributed by atoms with Gasteiger partial charge in [0.15, 0.2) is 0 Å². The first-order valence-corrected chi connectivity index (χ1v) is 21.1. The van der Waals surface area contributed by atoms with E-state index >= 15 is 0 Å². The van der Waals surface area contributed by atoms with Crippen molar-refractivity contribution < 1.29 is 28.5 Å². The van der Waals surface area contributed by atoms with Crippen LogP contribution in [0.1, 0.15) is 151 Å². The van der Waals surface area contributed by atoms with Gasteiger partial charge in [0, 0.05) is 24.0 Å². The first kappa shape index (κ1) is 38.9. The predicted octanol–water partition coefficient (Wildman–Crippen LogP) is 11.1. The van der Waals surface area contributed by atoms with Gasteiger partial charge in [0.1, 0.15) is 23.0 Å². The number of esters is 2. The number of unbranched alkanes of at least 4 members (excludes halogenated alkanes) is 18.